The minimum absolute atomic E-state index is 0.151. The largest absolute Gasteiger partial charge is 0.455 e. The van der Waals surface area contributed by atoms with Crippen molar-refractivity contribution in [1.82, 2.24) is 0 Å². The second-order valence-corrected chi connectivity index (χ2v) is 7.57. The molecule has 0 saturated carbocycles. The summed E-state index contributed by atoms with van der Waals surface area (Å²) in [6.45, 7) is 5.86. The fourth-order valence-corrected chi connectivity index (χ4v) is 5.30. The van der Waals surface area contributed by atoms with Gasteiger partial charge >= 0.3 is 11.9 Å². The van der Waals surface area contributed by atoms with Crippen LogP contribution in [0.1, 0.15) is 20.3 Å². The molecule has 0 amide bonds. The number of esters is 2. The third-order valence-corrected chi connectivity index (χ3v) is 6.08. The van der Waals surface area contributed by atoms with Gasteiger partial charge in [-0.15, -0.1) is 0 Å². The summed E-state index contributed by atoms with van der Waals surface area (Å²) < 4.78 is 44.6. The second-order valence-electron chi connectivity index (χ2n) is 5.89. The standard InChI is InChI=1S/C13H16O8S/c1-6(2)12(15)18-5-9(14)19-10-7-4-8-13(3,20-7)11(10)22(16,17)21-8/h7-8,10-11H,1,4-5H2,2-3H3. The van der Waals surface area contributed by atoms with Gasteiger partial charge in [0.05, 0.1) is 6.10 Å². The number of hydrogen-bond donors (Lipinski definition) is 0. The van der Waals surface area contributed by atoms with Crippen LogP contribution in [0.5, 0.6) is 0 Å². The first-order valence-corrected chi connectivity index (χ1v) is 8.24. The van der Waals surface area contributed by atoms with Gasteiger partial charge in [-0.2, -0.15) is 8.42 Å². The molecule has 3 saturated heterocycles. The molecule has 3 fully saturated rings. The molecule has 8 nitrogen and oxygen atoms in total. The fraction of sp³-hybridized carbons (Fsp3) is 0.692. The summed E-state index contributed by atoms with van der Waals surface area (Å²) >= 11 is 0. The highest BCUT2D eigenvalue weighted by Crippen LogP contribution is 2.54. The van der Waals surface area contributed by atoms with Gasteiger partial charge in [0.15, 0.2) is 18.0 Å². The molecule has 22 heavy (non-hydrogen) atoms. The van der Waals surface area contributed by atoms with E-state index in [1.807, 2.05) is 0 Å². The van der Waals surface area contributed by atoms with Gasteiger partial charge < -0.3 is 14.2 Å². The minimum atomic E-state index is -3.85. The van der Waals surface area contributed by atoms with E-state index in [9.17, 15) is 18.0 Å². The van der Waals surface area contributed by atoms with E-state index in [2.05, 4.69) is 11.3 Å². The van der Waals surface area contributed by atoms with Gasteiger partial charge in [0, 0.05) is 12.0 Å². The van der Waals surface area contributed by atoms with Crippen LogP contribution in [0, 0.1) is 0 Å². The van der Waals surface area contributed by atoms with Crippen molar-refractivity contribution in [2.24, 2.45) is 0 Å². The first kappa shape index (κ1) is 15.4. The number of carbonyl (C=O) groups excluding carboxylic acids is 2. The lowest BCUT2D eigenvalue weighted by atomic mass is 9.85. The third kappa shape index (κ3) is 2.15. The molecule has 3 rings (SSSR count). The Labute approximate surface area is 127 Å². The normalized spacial score (nSPS) is 40.5. The molecule has 5 atom stereocenters. The van der Waals surface area contributed by atoms with Crippen molar-refractivity contribution < 1.29 is 36.4 Å². The van der Waals surface area contributed by atoms with Crippen molar-refractivity contribution in [1.29, 1.82) is 0 Å². The zero-order valence-electron chi connectivity index (χ0n) is 12.1. The molecule has 0 aromatic rings. The van der Waals surface area contributed by atoms with Crippen LogP contribution < -0.4 is 0 Å². The summed E-state index contributed by atoms with van der Waals surface area (Å²) in [5.41, 5.74) is -0.846. The van der Waals surface area contributed by atoms with E-state index >= 15 is 0 Å². The highest BCUT2D eigenvalue weighted by atomic mass is 32.2. The zero-order chi connectivity index (χ0) is 16.3. The molecule has 0 aromatic carbocycles. The topological polar surface area (TPSA) is 105 Å². The monoisotopic (exact) mass is 332 g/mol. The lowest BCUT2D eigenvalue weighted by Crippen LogP contribution is -2.49. The number of fused-ring (bicyclic) bond motifs is 1. The molecule has 0 spiro atoms. The van der Waals surface area contributed by atoms with Crippen molar-refractivity contribution in [3.63, 3.8) is 0 Å². The predicted octanol–water partition coefficient (Wildman–Crippen LogP) is -0.324. The Morgan fingerprint density at radius 2 is 2.09 bits per heavy atom. The van der Waals surface area contributed by atoms with Crippen molar-refractivity contribution in [2.45, 2.75) is 49.4 Å². The Morgan fingerprint density at radius 1 is 1.41 bits per heavy atom. The molecule has 122 valence electrons. The Balaban J connectivity index is 1.68. The van der Waals surface area contributed by atoms with Crippen LogP contribution in [0.15, 0.2) is 12.2 Å². The lowest BCUT2D eigenvalue weighted by molar-refractivity contribution is -0.162. The van der Waals surface area contributed by atoms with E-state index in [1.165, 1.54) is 6.92 Å². The average Bonchev–Trinajstić information content (AvgIpc) is 2.88. The van der Waals surface area contributed by atoms with E-state index < -0.39 is 57.8 Å². The molecule has 0 aromatic heterocycles. The SMILES string of the molecule is C=C(C)C(=O)OCC(=O)OC1C2CC3OS(=O)(=O)C1C3(C)O2. The van der Waals surface area contributed by atoms with Crippen LogP contribution in [0.25, 0.3) is 0 Å². The first-order valence-electron chi connectivity index (χ1n) is 6.77. The number of carbonyl (C=O) groups is 2. The van der Waals surface area contributed by atoms with Crippen LogP contribution in [0.4, 0.5) is 0 Å². The van der Waals surface area contributed by atoms with Gasteiger partial charge in [-0.1, -0.05) is 6.58 Å². The van der Waals surface area contributed by atoms with E-state index in [4.69, 9.17) is 13.7 Å². The molecular formula is C13H16O8S. The van der Waals surface area contributed by atoms with E-state index in [1.54, 1.807) is 6.92 Å². The van der Waals surface area contributed by atoms with Gasteiger partial charge in [0.2, 0.25) is 0 Å². The molecule has 3 aliphatic rings. The molecule has 0 aliphatic carbocycles. The molecule has 3 aliphatic heterocycles. The van der Waals surface area contributed by atoms with Crippen molar-refractivity contribution in [2.75, 3.05) is 6.61 Å². The smallest absolute Gasteiger partial charge is 0.344 e. The number of rotatable bonds is 4. The molecule has 5 unspecified atom stereocenters. The third-order valence-electron chi connectivity index (χ3n) is 4.22. The molecular weight excluding hydrogens is 316 g/mol. The van der Waals surface area contributed by atoms with Gasteiger partial charge in [0.25, 0.3) is 10.1 Å². The molecule has 0 N–H and O–H groups in total. The Kier molecular flexibility index (Phi) is 3.35. The predicted molar refractivity (Wildman–Crippen MR) is 71.1 cm³/mol. The Morgan fingerprint density at radius 3 is 2.73 bits per heavy atom. The van der Waals surface area contributed by atoms with E-state index in [-0.39, 0.29) is 5.57 Å². The van der Waals surface area contributed by atoms with Crippen LogP contribution in [0.2, 0.25) is 0 Å². The van der Waals surface area contributed by atoms with Gasteiger partial charge in [-0.25, -0.2) is 9.59 Å². The maximum atomic E-state index is 12.0. The summed E-state index contributed by atoms with van der Waals surface area (Å²) in [7, 11) is -3.85. The summed E-state index contributed by atoms with van der Waals surface area (Å²) in [6.07, 6.45) is -1.68. The van der Waals surface area contributed by atoms with E-state index in [0.29, 0.717) is 6.42 Å². The Bertz CT molecular complexity index is 653. The van der Waals surface area contributed by atoms with Crippen molar-refractivity contribution >= 4 is 22.1 Å². The van der Waals surface area contributed by atoms with E-state index in [0.717, 1.165) is 0 Å². The van der Waals surface area contributed by atoms with Crippen LogP contribution >= 0.6 is 0 Å². The molecule has 9 heteroatoms. The number of hydrogen-bond acceptors (Lipinski definition) is 8. The Hall–Kier alpha value is -1.45. The van der Waals surface area contributed by atoms with Crippen molar-refractivity contribution in [3.05, 3.63) is 12.2 Å². The fourth-order valence-electron chi connectivity index (χ4n) is 3.25. The highest BCUT2D eigenvalue weighted by Gasteiger charge is 2.74. The summed E-state index contributed by atoms with van der Waals surface area (Å²) in [5.74, 6) is -1.55. The number of ether oxygens (including phenoxy) is 3. The maximum Gasteiger partial charge on any atom is 0.344 e. The van der Waals surface area contributed by atoms with Crippen LogP contribution in [-0.4, -0.2) is 56.1 Å². The minimum Gasteiger partial charge on any atom is -0.455 e. The first-order chi connectivity index (χ1) is 10.1. The zero-order valence-corrected chi connectivity index (χ0v) is 12.9. The second kappa shape index (κ2) is 4.77. The maximum absolute atomic E-state index is 12.0. The van der Waals surface area contributed by atoms with Gasteiger partial charge in [-0.3, -0.25) is 4.18 Å². The van der Waals surface area contributed by atoms with Gasteiger partial charge in [-0.05, 0) is 13.8 Å². The lowest BCUT2D eigenvalue weighted by Gasteiger charge is -2.26. The van der Waals surface area contributed by atoms with Crippen LogP contribution in [-0.2, 0) is 38.1 Å². The quantitative estimate of drug-likeness (QED) is 0.392. The van der Waals surface area contributed by atoms with Crippen molar-refractivity contribution in [3.8, 4) is 0 Å². The van der Waals surface area contributed by atoms with Gasteiger partial charge in [0.1, 0.15) is 11.7 Å². The summed E-state index contributed by atoms with van der Waals surface area (Å²) in [5, 5.41) is -1.05. The molecule has 0 radical (unpaired) electrons. The summed E-state index contributed by atoms with van der Waals surface area (Å²) in [4.78, 5) is 23.0. The highest BCUT2D eigenvalue weighted by molar-refractivity contribution is 7.87. The average molecular weight is 332 g/mol. The summed E-state index contributed by atoms with van der Waals surface area (Å²) in [6, 6.07) is 0. The molecule has 3 heterocycles. The van der Waals surface area contributed by atoms with Crippen LogP contribution in [0.3, 0.4) is 0 Å². The molecule has 2 bridgehead atoms.